The molecule has 2 unspecified atom stereocenters. The minimum absolute atomic E-state index is 0.0179. The topological polar surface area (TPSA) is 117 Å². The Kier molecular flexibility index (Phi) is 7.62. The van der Waals surface area contributed by atoms with Crippen LogP contribution in [-0.2, 0) is 40.2 Å². The number of hydrogen-bond acceptors (Lipinski definition) is 6. The summed E-state index contributed by atoms with van der Waals surface area (Å²) < 4.78 is 11.5. The van der Waals surface area contributed by atoms with Crippen molar-refractivity contribution in [2.24, 2.45) is 5.92 Å². The summed E-state index contributed by atoms with van der Waals surface area (Å²) in [6.45, 7) is 3.61. The van der Waals surface area contributed by atoms with Gasteiger partial charge in [0.2, 0.25) is 12.2 Å². The highest BCUT2D eigenvalue weighted by Gasteiger charge is 2.30. The molecule has 198 valence electrons. The summed E-state index contributed by atoms with van der Waals surface area (Å²) in [4.78, 5) is 27.1. The average molecular weight is 517 g/mol. The molecule has 0 spiro atoms. The number of fused-ring (bicyclic) bond motifs is 1. The largest absolute Gasteiger partial charge is 0.507 e. The van der Waals surface area contributed by atoms with Crippen LogP contribution in [0.25, 0.3) is 0 Å². The summed E-state index contributed by atoms with van der Waals surface area (Å²) >= 11 is 0. The number of nitrogens with zero attached hydrogens (tertiary/aromatic N) is 2. The first-order valence-corrected chi connectivity index (χ1v) is 12.9. The van der Waals surface area contributed by atoms with Gasteiger partial charge in [-0.2, -0.15) is 5.10 Å². The Labute approximate surface area is 221 Å². The van der Waals surface area contributed by atoms with Crippen LogP contribution in [0.1, 0.15) is 52.6 Å². The SMILES string of the molecule is CC(CCNC(=O)c1ccccc1O)Cc1n[nH]c2c1CN(C(=O)CC1=COC(Cc3ccccc3)O1)C2. The van der Waals surface area contributed by atoms with Gasteiger partial charge in [0.15, 0.2) is 0 Å². The summed E-state index contributed by atoms with van der Waals surface area (Å²) in [6, 6.07) is 16.5. The smallest absolute Gasteiger partial charge is 0.255 e. The van der Waals surface area contributed by atoms with Crippen LogP contribution in [0.5, 0.6) is 5.75 Å². The minimum atomic E-state index is -0.410. The molecule has 2 aliphatic heterocycles. The van der Waals surface area contributed by atoms with E-state index in [9.17, 15) is 14.7 Å². The van der Waals surface area contributed by atoms with Crippen molar-refractivity contribution in [2.75, 3.05) is 6.54 Å². The number of hydrogen-bond donors (Lipinski definition) is 3. The van der Waals surface area contributed by atoms with E-state index in [2.05, 4.69) is 22.4 Å². The molecule has 3 heterocycles. The second kappa shape index (κ2) is 11.4. The van der Waals surface area contributed by atoms with Crippen molar-refractivity contribution in [2.45, 2.75) is 52.0 Å². The molecule has 0 aliphatic carbocycles. The standard InChI is InChI=1S/C29H32N4O5/c1-19(11-12-30-29(36)22-9-5-6-10-26(22)34)13-24-23-16-33(17-25(23)32-31-24)27(35)15-21-18-37-28(38-21)14-20-7-3-2-4-8-20/h2-10,18-19,28,34H,11-17H2,1H3,(H,30,36)(H,31,32). The van der Waals surface area contributed by atoms with Crippen LogP contribution in [0.3, 0.4) is 0 Å². The van der Waals surface area contributed by atoms with Crippen LogP contribution in [0.15, 0.2) is 66.6 Å². The molecule has 2 amide bonds. The van der Waals surface area contributed by atoms with Gasteiger partial charge in [-0.15, -0.1) is 0 Å². The van der Waals surface area contributed by atoms with Gasteiger partial charge in [-0.25, -0.2) is 0 Å². The van der Waals surface area contributed by atoms with E-state index in [0.29, 0.717) is 31.8 Å². The molecule has 3 N–H and O–H groups in total. The quantitative estimate of drug-likeness (QED) is 0.377. The number of aromatic amines is 1. The number of phenols is 1. The number of rotatable bonds is 10. The van der Waals surface area contributed by atoms with Gasteiger partial charge in [-0.05, 0) is 36.5 Å². The number of ether oxygens (including phenoxy) is 2. The van der Waals surface area contributed by atoms with Crippen molar-refractivity contribution < 1.29 is 24.2 Å². The number of carbonyl (C=O) groups excluding carboxylic acids is 2. The Bertz CT molecular complexity index is 1320. The monoisotopic (exact) mass is 516 g/mol. The highest BCUT2D eigenvalue weighted by Crippen LogP contribution is 2.28. The number of para-hydroxylation sites is 1. The lowest BCUT2D eigenvalue weighted by Crippen LogP contribution is -2.27. The number of H-pyrrole nitrogens is 1. The van der Waals surface area contributed by atoms with Crippen LogP contribution < -0.4 is 5.32 Å². The number of aromatic hydroxyl groups is 1. The van der Waals surface area contributed by atoms with Crippen LogP contribution in [0.4, 0.5) is 0 Å². The number of aromatic nitrogens is 2. The van der Waals surface area contributed by atoms with Crippen molar-refractivity contribution >= 4 is 11.8 Å². The van der Waals surface area contributed by atoms with Crippen molar-refractivity contribution in [1.29, 1.82) is 0 Å². The molecule has 2 atom stereocenters. The van der Waals surface area contributed by atoms with Gasteiger partial charge in [-0.1, -0.05) is 49.4 Å². The van der Waals surface area contributed by atoms with Crippen LogP contribution in [0.2, 0.25) is 0 Å². The molecule has 0 fully saturated rings. The van der Waals surface area contributed by atoms with E-state index < -0.39 is 6.29 Å². The van der Waals surface area contributed by atoms with Crippen molar-refractivity contribution in [3.8, 4) is 5.75 Å². The summed E-state index contributed by atoms with van der Waals surface area (Å²) in [7, 11) is 0. The fraction of sp³-hybridized carbons (Fsp3) is 0.345. The molecule has 0 bridgehead atoms. The molecule has 9 heteroatoms. The number of benzene rings is 2. The van der Waals surface area contributed by atoms with Gasteiger partial charge in [0.05, 0.1) is 29.9 Å². The minimum Gasteiger partial charge on any atom is -0.507 e. The molecule has 0 saturated carbocycles. The third kappa shape index (κ3) is 5.99. The highest BCUT2D eigenvalue weighted by molar-refractivity contribution is 5.96. The van der Waals surface area contributed by atoms with Crippen LogP contribution in [0, 0.1) is 5.92 Å². The average Bonchev–Trinajstić information content (AvgIpc) is 3.62. The predicted octanol–water partition coefficient (Wildman–Crippen LogP) is 3.80. The predicted molar refractivity (Wildman–Crippen MR) is 140 cm³/mol. The van der Waals surface area contributed by atoms with E-state index in [1.165, 1.54) is 6.07 Å². The fourth-order valence-corrected chi connectivity index (χ4v) is 4.79. The molecule has 38 heavy (non-hydrogen) atoms. The molecule has 5 rings (SSSR count). The fourth-order valence-electron chi connectivity index (χ4n) is 4.79. The Morgan fingerprint density at radius 2 is 1.95 bits per heavy atom. The molecule has 0 radical (unpaired) electrons. The number of phenolic OH excluding ortho intramolecular Hbond substituents is 1. The van der Waals surface area contributed by atoms with Crippen LogP contribution >= 0.6 is 0 Å². The van der Waals surface area contributed by atoms with E-state index in [4.69, 9.17) is 9.47 Å². The molecular formula is C29H32N4O5. The molecule has 3 aromatic rings. The zero-order valence-electron chi connectivity index (χ0n) is 21.4. The van der Waals surface area contributed by atoms with Crippen molar-refractivity contribution in [1.82, 2.24) is 20.4 Å². The highest BCUT2D eigenvalue weighted by atomic mass is 16.7. The first kappa shape index (κ1) is 25.4. The maximum Gasteiger partial charge on any atom is 0.255 e. The maximum absolute atomic E-state index is 13.0. The molecule has 0 saturated heterocycles. The van der Waals surface area contributed by atoms with Gasteiger partial charge in [0, 0.05) is 25.1 Å². The summed E-state index contributed by atoms with van der Waals surface area (Å²) in [5.74, 6) is 0.482. The van der Waals surface area contributed by atoms with Gasteiger partial charge in [0.25, 0.3) is 5.91 Å². The number of carbonyl (C=O) groups is 2. The third-order valence-electron chi connectivity index (χ3n) is 6.91. The number of nitrogens with one attached hydrogen (secondary N) is 2. The van der Waals surface area contributed by atoms with E-state index in [1.54, 1.807) is 29.4 Å². The van der Waals surface area contributed by atoms with Gasteiger partial charge in [0.1, 0.15) is 17.8 Å². The van der Waals surface area contributed by atoms with E-state index >= 15 is 0 Å². The first-order chi connectivity index (χ1) is 18.5. The van der Waals surface area contributed by atoms with Gasteiger partial charge >= 0.3 is 0 Å². The van der Waals surface area contributed by atoms with Crippen molar-refractivity contribution in [3.05, 3.63) is 94.7 Å². The molecule has 2 aromatic carbocycles. The van der Waals surface area contributed by atoms with Crippen molar-refractivity contribution in [3.63, 3.8) is 0 Å². The molecule has 9 nitrogen and oxygen atoms in total. The zero-order valence-corrected chi connectivity index (χ0v) is 21.4. The molecular weight excluding hydrogens is 484 g/mol. The lowest BCUT2D eigenvalue weighted by Gasteiger charge is -2.17. The zero-order chi connectivity index (χ0) is 26.5. The van der Waals surface area contributed by atoms with Gasteiger partial charge < -0.3 is 24.8 Å². The van der Waals surface area contributed by atoms with E-state index in [1.807, 2.05) is 30.3 Å². The lowest BCUT2D eigenvalue weighted by molar-refractivity contribution is -0.132. The molecule has 2 aliphatic rings. The molecule has 1 aromatic heterocycles. The van der Waals surface area contributed by atoms with Crippen LogP contribution in [-0.4, -0.2) is 44.9 Å². The summed E-state index contributed by atoms with van der Waals surface area (Å²) in [5, 5.41) is 20.3. The number of amides is 2. The first-order valence-electron chi connectivity index (χ1n) is 12.9. The van der Waals surface area contributed by atoms with E-state index in [-0.39, 0.29) is 35.5 Å². The van der Waals surface area contributed by atoms with E-state index in [0.717, 1.165) is 35.4 Å². The second-order valence-electron chi connectivity index (χ2n) is 9.88. The Morgan fingerprint density at radius 1 is 1.16 bits per heavy atom. The Balaban J connectivity index is 1.06. The lowest BCUT2D eigenvalue weighted by atomic mass is 9.99. The second-order valence-corrected chi connectivity index (χ2v) is 9.88. The Morgan fingerprint density at radius 3 is 2.76 bits per heavy atom. The Hall–Kier alpha value is -4.27. The maximum atomic E-state index is 13.0. The normalized spacial score (nSPS) is 16.8. The summed E-state index contributed by atoms with van der Waals surface area (Å²) in [5.41, 5.74) is 4.38. The summed E-state index contributed by atoms with van der Waals surface area (Å²) in [6.07, 6.45) is 3.42. The van der Waals surface area contributed by atoms with Gasteiger partial charge in [-0.3, -0.25) is 14.7 Å². The third-order valence-corrected chi connectivity index (χ3v) is 6.91.